The first-order valence-corrected chi connectivity index (χ1v) is 7.74. The van der Waals surface area contributed by atoms with Crippen LogP contribution >= 0.6 is 0 Å². The number of hydrogen-bond acceptors (Lipinski definition) is 3. The molecule has 2 aliphatic rings. The molecule has 0 spiro atoms. The first kappa shape index (κ1) is 13.9. The number of hydrogen-bond donors (Lipinski definition) is 1. The van der Waals surface area contributed by atoms with E-state index in [4.69, 9.17) is 9.47 Å². The van der Waals surface area contributed by atoms with Gasteiger partial charge in [-0.25, -0.2) is 0 Å². The van der Waals surface area contributed by atoms with Gasteiger partial charge in [-0.3, -0.25) is 0 Å². The van der Waals surface area contributed by atoms with Gasteiger partial charge < -0.3 is 14.6 Å². The van der Waals surface area contributed by atoms with E-state index in [1.807, 2.05) is 19.1 Å². The molecule has 3 heteroatoms. The van der Waals surface area contributed by atoms with E-state index in [2.05, 4.69) is 13.0 Å². The Morgan fingerprint density at radius 2 is 2.20 bits per heavy atom. The zero-order valence-corrected chi connectivity index (χ0v) is 12.3. The summed E-state index contributed by atoms with van der Waals surface area (Å²) in [6.45, 7) is 4.91. The van der Waals surface area contributed by atoms with Crippen LogP contribution in [0.1, 0.15) is 50.3 Å². The molecule has 0 radical (unpaired) electrons. The fraction of sp³-hybridized carbons (Fsp3) is 0.647. The van der Waals surface area contributed by atoms with Crippen LogP contribution < -0.4 is 4.74 Å². The Labute approximate surface area is 120 Å². The van der Waals surface area contributed by atoms with Crippen LogP contribution in [0.3, 0.4) is 0 Å². The van der Waals surface area contributed by atoms with Crippen LogP contribution in [0.5, 0.6) is 5.75 Å². The van der Waals surface area contributed by atoms with Crippen molar-refractivity contribution in [1.82, 2.24) is 0 Å². The molecular formula is C17H24O3. The third-order valence-electron chi connectivity index (χ3n) is 4.46. The van der Waals surface area contributed by atoms with E-state index in [1.54, 1.807) is 0 Å². The van der Waals surface area contributed by atoms with Gasteiger partial charge in [0.05, 0.1) is 12.2 Å². The summed E-state index contributed by atoms with van der Waals surface area (Å²) in [5.41, 5.74) is 2.26. The van der Waals surface area contributed by atoms with Crippen LogP contribution in [0.4, 0.5) is 0 Å². The highest BCUT2D eigenvalue weighted by atomic mass is 16.5. The van der Waals surface area contributed by atoms with Gasteiger partial charge in [0.2, 0.25) is 0 Å². The molecule has 1 aromatic rings. The molecule has 0 aromatic heterocycles. The van der Waals surface area contributed by atoms with Crippen LogP contribution in [-0.2, 0) is 11.2 Å². The molecule has 3 rings (SSSR count). The Kier molecular flexibility index (Phi) is 3.99. The topological polar surface area (TPSA) is 38.7 Å². The van der Waals surface area contributed by atoms with Crippen LogP contribution in [0.15, 0.2) is 18.2 Å². The van der Waals surface area contributed by atoms with E-state index < -0.39 is 0 Å². The molecule has 1 saturated carbocycles. The number of ether oxygens (including phenoxy) is 2. The first-order chi connectivity index (χ1) is 9.65. The number of aliphatic hydroxyl groups excluding tert-OH is 1. The Bertz CT molecular complexity index is 465. The van der Waals surface area contributed by atoms with E-state index in [0.717, 1.165) is 43.6 Å². The molecule has 1 heterocycles. The lowest BCUT2D eigenvalue weighted by Crippen LogP contribution is -2.32. The number of aliphatic hydroxyl groups is 1. The summed E-state index contributed by atoms with van der Waals surface area (Å²) in [5, 5.41) is 10.4. The van der Waals surface area contributed by atoms with Crippen molar-refractivity contribution in [3.05, 3.63) is 29.3 Å². The second-order valence-electron chi connectivity index (χ2n) is 6.17. The van der Waals surface area contributed by atoms with Gasteiger partial charge in [-0.15, -0.1) is 0 Å². The summed E-state index contributed by atoms with van der Waals surface area (Å²) in [6, 6.07) is 6.11. The third-order valence-corrected chi connectivity index (χ3v) is 4.46. The minimum atomic E-state index is -0.358. The quantitative estimate of drug-likeness (QED) is 0.897. The molecule has 110 valence electrons. The normalized spacial score (nSPS) is 29.4. The van der Waals surface area contributed by atoms with Crippen molar-refractivity contribution in [2.45, 2.75) is 57.8 Å². The summed E-state index contributed by atoms with van der Waals surface area (Å²) in [6.07, 6.45) is 4.31. The van der Waals surface area contributed by atoms with Gasteiger partial charge in [0, 0.05) is 13.0 Å². The molecule has 0 saturated heterocycles. The molecule has 1 fully saturated rings. The fourth-order valence-corrected chi connectivity index (χ4v) is 3.34. The van der Waals surface area contributed by atoms with E-state index in [-0.39, 0.29) is 12.2 Å². The highest BCUT2D eigenvalue weighted by Crippen LogP contribution is 2.38. The second kappa shape index (κ2) is 5.74. The van der Waals surface area contributed by atoms with Gasteiger partial charge in [0.15, 0.2) is 0 Å². The predicted molar refractivity (Wildman–Crippen MR) is 78.0 cm³/mol. The van der Waals surface area contributed by atoms with Crippen LogP contribution in [0, 0.1) is 5.92 Å². The average molecular weight is 276 g/mol. The van der Waals surface area contributed by atoms with Crippen molar-refractivity contribution in [3.63, 3.8) is 0 Å². The summed E-state index contributed by atoms with van der Waals surface area (Å²) in [4.78, 5) is 0. The third kappa shape index (κ3) is 2.84. The SMILES string of the molecule is CCOC1CC(CC(O)c2ccc3c(c2)CC(C)O3)C1. The lowest BCUT2D eigenvalue weighted by atomic mass is 9.78. The molecular weight excluding hydrogens is 252 g/mol. The van der Waals surface area contributed by atoms with Crippen LogP contribution in [0.2, 0.25) is 0 Å². The van der Waals surface area contributed by atoms with Gasteiger partial charge in [0.25, 0.3) is 0 Å². The van der Waals surface area contributed by atoms with Gasteiger partial charge in [0.1, 0.15) is 11.9 Å². The van der Waals surface area contributed by atoms with Gasteiger partial charge in [-0.05, 0) is 62.3 Å². The molecule has 2 atom stereocenters. The average Bonchev–Trinajstić information content (AvgIpc) is 2.75. The lowest BCUT2D eigenvalue weighted by molar-refractivity contribution is -0.0380. The second-order valence-corrected chi connectivity index (χ2v) is 6.17. The van der Waals surface area contributed by atoms with Gasteiger partial charge in [-0.2, -0.15) is 0 Å². The maximum atomic E-state index is 10.4. The Morgan fingerprint density at radius 1 is 1.40 bits per heavy atom. The van der Waals surface area contributed by atoms with E-state index in [9.17, 15) is 5.11 Å². The maximum Gasteiger partial charge on any atom is 0.123 e. The van der Waals surface area contributed by atoms with Crippen molar-refractivity contribution in [2.75, 3.05) is 6.61 Å². The number of benzene rings is 1. The molecule has 20 heavy (non-hydrogen) atoms. The van der Waals surface area contributed by atoms with Crippen molar-refractivity contribution in [2.24, 2.45) is 5.92 Å². The van der Waals surface area contributed by atoms with E-state index in [1.165, 1.54) is 5.56 Å². The molecule has 0 bridgehead atoms. The van der Waals surface area contributed by atoms with Crippen molar-refractivity contribution in [1.29, 1.82) is 0 Å². The summed E-state index contributed by atoms with van der Waals surface area (Å²) in [5.74, 6) is 1.58. The van der Waals surface area contributed by atoms with Crippen LogP contribution in [-0.4, -0.2) is 23.9 Å². The van der Waals surface area contributed by atoms with Gasteiger partial charge >= 0.3 is 0 Å². The Hall–Kier alpha value is -1.06. The molecule has 1 aliphatic heterocycles. The zero-order valence-electron chi connectivity index (χ0n) is 12.3. The minimum absolute atomic E-state index is 0.260. The highest BCUT2D eigenvalue weighted by molar-refractivity contribution is 5.41. The maximum absolute atomic E-state index is 10.4. The van der Waals surface area contributed by atoms with Gasteiger partial charge in [-0.1, -0.05) is 6.07 Å². The first-order valence-electron chi connectivity index (χ1n) is 7.74. The van der Waals surface area contributed by atoms with Crippen molar-refractivity contribution >= 4 is 0 Å². The van der Waals surface area contributed by atoms with Crippen LogP contribution in [0.25, 0.3) is 0 Å². The standard InChI is InChI=1S/C17H24O3/c1-3-19-15-7-12(8-15)9-16(18)13-4-5-17-14(10-13)6-11(2)20-17/h4-5,10-12,15-16,18H,3,6-9H2,1-2H3. The molecule has 1 aromatic carbocycles. The van der Waals surface area contributed by atoms with Crippen molar-refractivity contribution in [3.8, 4) is 5.75 Å². The molecule has 2 unspecified atom stereocenters. The molecule has 1 aliphatic carbocycles. The minimum Gasteiger partial charge on any atom is -0.490 e. The molecule has 3 nitrogen and oxygen atoms in total. The predicted octanol–water partition coefficient (Wildman–Crippen LogP) is 3.25. The zero-order chi connectivity index (χ0) is 14.1. The highest BCUT2D eigenvalue weighted by Gasteiger charge is 2.31. The number of rotatable bonds is 5. The summed E-state index contributed by atoms with van der Waals surface area (Å²) < 4.78 is 11.3. The number of fused-ring (bicyclic) bond motifs is 1. The smallest absolute Gasteiger partial charge is 0.123 e. The fourth-order valence-electron chi connectivity index (χ4n) is 3.34. The summed E-state index contributed by atoms with van der Waals surface area (Å²) in [7, 11) is 0. The summed E-state index contributed by atoms with van der Waals surface area (Å²) >= 11 is 0. The Morgan fingerprint density at radius 3 is 2.95 bits per heavy atom. The van der Waals surface area contributed by atoms with E-state index in [0.29, 0.717) is 12.0 Å². The monoisotopic (exact) mass is 276 g/mol. The lowest BCUT2D eigenvalue weighted by Gasteiger charge is -2.36. The molecule has 0 amide bonds. The Balaban J connectivity index is 1.56. The molecule has 1 N–H and O–H groups in total. The van der Waals surface area contributed by atoms with E-state index >= 15 is 0 Å². The largest absolute Gasteiger partial charge is 0.490 e. The van der Waals surface area contributed by atoms with Crippen molar-refractivity contribution < 1.29 is 14.6 Å².